The standard InChI is InChI=1S/C16H23NO2/c1-12(18)13-5-6-15(19-4)14(9-13)10-17-8-7-16(2,3)11-17/h5-6,9H,7-8,10-11H2,1-4H3. The van der Waals surface area contributed by atoms with Crippen molar-refractivity contribution in [3.8, 4) is 5.75 Å². The number of methoxy groups -OCH3 is 1. The van der Waals surface area contributed by atoms with Gasteiger partial charge >= 0.3 is 0 Å². The molecule has 2 rings (SSSR count). The van der Waals surface area contributed by atoms with Crippen LogP contribution in [0, 0.1) is 5.41 Å². The Morgan fingerprint density at radius 1 is 1.42 bits per heavy atom. The molecule has 0 spiro atoms. The molecule has 1 aliphatic rings. The van der Waals surface area contributed by atoms with Crippen LogP contribution in [0.3, 0.4) is 0 Å². The van der Waals surface area contributed by atoms with Crippen molar-refractivity contribution >= 4 is 5.78 Å². The Morgan fingerprint density at radius 2 is 2.16 bits per heavy atom. The lowest BCUT2D eigenvalue weighted by atomic mass is 9.93. The zero-order valence-corrected chi connectivity index (χ0v) is 12.3. The fourth-order valence-electron chi connectivity index (χ4n) is 2.72. The average molecular weight is 261 g/mol. The van der Waals surface area contributed by atoms with E-state index < -0.39 is 0 Å². The number of ether oxygens (including phenoxy) is 1. The summed E-state index contributed by atoms with van der Waals surface area (Å²) in [5.74, 6) is 0.973. The molecular weight excluding hydrogens is 238 g/mol. The number of Topliss-reactive ketones (excluding diaryl/α,β-unsaturated/α-hetero) is 1. The van der Waals surface area contributed by atoms with E-state index in [0.717, 1.165) is 36.5 Å². The van der Waals surface area contributed by atoms with Gasteiger partial charge in [-0.2, -0.15) is 0 Å². The van der Waals surface area contributed by atoms with Crippen molar-refractivity contribution in [2.24, 2.45) is 5.41 Å². The third kappa shape index (κ3) is 3.35. The number of carbonyl (C=O) groups is 1. The van der Waals surface area contributed by atoms with Gasteiger partial charge in [-0.3, -0.25) is 9.69 Å². The number of rotatable bonds is 4. The zero-order chi connectivity index (χ0) is 14.0. The maximum absolute atomic E-state index is 11.5. The Kier molecular flexibility index (Phi) is 3.95. The fourth-order valence-corrected chi connectivity index (χ4v) is 2.72. The van der Waals surface area contributed by atoms with E-state index >= 15 is 0 Å². The number of hydrogen-bond acceptors (Lipinski definition) is 3. The number of ketones is 1. The third-order valence-corrected chi connectivity index (χ3v) is 3.84. The monoisotopic (exact) mass is 261 g/mol. The van der Waals surface area contributed by atoms with Crippen molar-refractivity contribution in [1.29, 1.82) is 0 Å². The molecule has 0 saturated carbocycles. The molecule has 1 aromatic rings. The molecule has 19 heavy (non-hydrogen) atoms. The summed E-state index contributed by atoms with van der Waals surface area (Å²) in [6.45, 7) is 9.27. The van der Waals surface area contributed by atoms with Gasteiger partial charge in [-0.25, -0.2) is 0 Å². The molecule has 3 heteroatoms. The van der Waals surface area contributed by atoms with Gasteiger partial charge in [0.2, 0.25) is 0 Å². The van der Waals surface area contributed by atoms with E-state index in [1.54, 1.807) is 14.0 Å². The molecule has 0 amide bonds. The van der Waals surface area contributed by atoms with E-state index in [2.05, 4.69) is 18.7 Å². The smallest absolute Gasteiger partial charge is 0.159 e. The van der Waals surface area contributed by atoms with E-state index in [0.29, 0.717) is 5.41 Å². The average Bonchev–Trinajstić information content (AvgIpc) is 2.68. The van der Waals surface area contributed by atoms with Crippen LogP contribution in [0.15, 0.2) is 18.2 Å². The summed E-state index contributed by atoms with van der Waals surface area (Å²) in [5.41, 5.74) is 2.26. The number of benzene rings is 1. The third-order valence-electron chi connectivity index (χ3n) is 3.84. The minimum atomic E-state index is 0.102. The second kappa shape index (κ2) is 5.33. The van der Waals surface area contributed by atoms with Gasteiger partial charge in [0.25, 0.3) is 0 Å². The van der Waals surface area contributed by atoms with Crippen LogP contribution >= 0.6 is 0 Å². The van der Waals surface area contributed by atoms with E-state index in [-0.39, 0.29) is 5.78 Å². The van der Waals surface area contributed by atoms with Crippen LogP contribution < -0.4 is 4.74 Å². The molecule has 0 radical (unpaired) electrons. The van der Waals surface area contributed by atoms with Crippen molar-refractivity contribution in [2.75, 3.05) is 20.2 Å². The van der Waals surface area contributed by atoms with Crippen molar-refractivity contribution in [3.63, 3.8) is 0 Å². The van der Waals surface area contributed by atoms with Gasteiger partial charge in [-0.05, 0) is 43.5 Å². The Balaban J connectivity index is 2.18. The van der Waals surface area contributed by atoms with Gasteiger partial charge < -0.3 is 4.74 Å². The first-order valence-electron chi connectivity index (χ1n) is 6.81. The summed E-state index contributed by atoms with van der Waals surface area (Å²) in [4.78, 5) is 13.9. The SMILES string of the molecule is COc1ccc(C(C)=O)cc1CN1CCC(C)(C)C1. The lowest BCUT2D eigenvalue weighted by Gasteiger charge is -2.21. The topological polar surface area (TPSA) is 29.5 Å². The molecule has 104 valence electrons. The van der Waals surface area contributed by atoms with Crippen LogP contribution in [0.2, 0.25) is 0 Å². The second-order valence-corrected chi connectivity index (χ2v) is 6.21. The molecule has 1 heterocycles. The second-order valence-electron chi connectivity index (χ2n) is 6.21. The summed E-state index contributed by atoms with van der Waals surface area (Å²) in [5, 5.41) is 0. The van der Waals surface area contributed by atoms with E-state index in [4.69, 9.17) is 4.74 Å². The van der Waals surface area contributed by atoms with Crippen LogP contribution in [0.4, 0.5) is 0 Å². The molecule has 1 fully saturated rings. The first-order valence-corrected chi connectivity index (χ1v) is 6.81. The summed E-state index contributed by atoms with van der Waals surface area (Å²) in [6.07, 6.45) is 1.22. The maximum Gasteiger partial charge on any atom is 0.159 e. The van der Waals surface area contributed by atoms with Crippen molar-refractivity contribution in [2.45, 2.75) is 33.7 Å². The Morgan fingerprint density at radius 3 is 2.68 bits per heavy atom. The van der Waals surface area contributed by atoms with Gasteiger partial charge in [0.05, 0.1) is 7.11 Å². The highest BCUT2D eigenvalue weighted by atomic mass is 16.5. The summed E-state index contributed by atoms with van der Waals surface area (Å²) in [7, 11) is 1.68. The lowest BCUT2D eigenvalue weighted by Crippen LogP contribution is -2.23. The maximum atomic E-state index is 11.5. The van der Waals surface area contributed by atoms with Crippen LogP contribution in [0.1, 0.15) is 43.1 Å². The highest BCUT2D eigenvalue weighted by molar-refractivity contribution is 5.94. The quantitative estimate of drug-likeness (QED) is 0.780. The fraction of sp³-hybridized carbons (Fsp3) is 0.562. The van der Waals surface area contributed by atoms with Crippen LogP contribution in [-0.4, -0.2) is 30.9 Å². The predicted octanol–water partition coefficient (Wildman–Crippen LogP) is 3.13. The van der Waals surface area contributed by atoms with Gasteiger partial charge in [0.1, 0.15) is 5.75 Å². The summed E-state index contributed by atoms with van der Waals surface area (Å²) < 4.78 is 5.40. The van der Waals surface area contributed by atoms with Gasteiger partial charge in [-0.15, -0.1) is 0 Å². The van der Waals surface area contributed by atoms with Crippen molar-refractivity contribution in [3.05, 3.63) is 29.3 Å². The minimum Gasteiger partial charge on any atom is -0.496 e. The van der Waals surface area contributed by atoms with E-state index in [1.807, 2.05) is 18.2 Å². The highest BCUT2D eigenvalue weighted by Crippen LogP contribution is 2.31. The Hall–Kier alpha value is -1.35. The summed E-state index contributed by atoms with van der Waals surface area (Å²) >= 11 is 0. The number of hydrogen-bond donors (Lipinski definition) is 0. The molecule has 0 bridgehead atoms. The first kappa shape index (κ1) is 14.1. The van der Waals surface area contributed by atoms with E-state index in [1.165, 1.54) is 6.42 Å². The van der Waals surface area contributed by atoms with Gasteiger partial charge in [0, 0.05) is 24.2 Å². The predicted molar refractivity (Wildman–Crippen MR) is 76.7 cm³/mol. The highest BCUT2D eigenvalue weighted by Gasteiger charge is 2.29. The zero-order valence-electron chi connectivity index (χ0n) is 12.3. The largest absolute Gasteiger partial charge is 0.496 e. The number of likely N-dealkylation sites (tertiary alicyclic amines) is 1. The Bertz CT molecular complexity index is 480. The molecule has 3 nitrogen and oxygen atoms in total. The molecule has 0 unspecified atom stereocenters. The normalized spacial score (nSPS) is 18.5. The molecule has 1 aliphatic heterocycles. The van der Waals surface area contributed by atoms with Crippen LogP contribution in [0.25, 0.3) is 0 Å². The first-order chi connectivity index (χ1) is 8.91. The molecule has 0 aromatic heterocycles. The van der Waals surface area contributed by atoms with E-state index in [9.17, 15) is 4.79 Å². The minimum absolute atomic E-state index is 0.102. The lowest BCUT2D eigenvalue weighted by molar-refractivity contribution is 0.101. The van der Waals surface area contributed by atoms with Crippen molar-refractivity contribution < 1.29 is 9.53 Å². The molecular formula is C16H23NO2. The van der Waals surface area contributed by atoms with Gasteiger partial charge in [0.15, 0.2) is 5.78 Å². The molecule has 1 saturated heterocycles. The Labute approximate surface area is 115 Å². The molecule has 1 aromatic carbocycles. The molecule has 0 N–H and O–H groups in total. The van der Waals surface area contributed by atoms with Crippen LogP contribution in [0.5, 0.6) is 5.75 Å². The summed E-state index contributed by atoms with van der Waals surface area (Å²) in [6, 6.07) is 5.69. The van der Waals surface area contributed by atoms with Gasteiger partial charge in [-0.1, -0.05) is 13.8 Å². The number of nitrogens with zero attached hydrogens (tertiary/aromatic N) is 1. The molecule has 0 aliphatic carbocycles. The van der Waals surface area contributed by atoms with Crippen molar-refractivity contribution in [1.82, 2.24) is 4.90 Å². The molecule has 0 atom stereocenters. The number of carbonyl (C=O) groups excluding carboxylic acids is 1. The van der Waals surface area contributed by atoms with Crippen LogP contribution in [-0.2, 0) is 6.54 Å².